The molecule has 0 spiro atoms. The predicted molar refractivity (Wildman–Crippen MR) is 119 cm³/mol. The molecule has 1 atom stereocenters. The fourth-order valence-corrected chi connectivity index (χ4v) is 4.47. The molecular weight excluding hydrogens is 416 g/mol. The van der Waals surface area contributed by atoms with E-state index >= 15 is 0 Å². The maximum Gasteiger partial charge on any atom is 0.246 e. The van der Waals surface area contributed by atoms with Gasteiger partial charge >= 0.3 is 0 Å². The van der Waals surface area contributed by atoms with Gasteiger partial charge in [-0.1, -0.05) is 54.5 Å². The van der Waals surface area contributed by atoms with E-state index in [1.807, 2.05) is 49.4 Å². The largest absolute Gasteiger partial charge is 0.337 e. The number of aryl methyl sites for hydroxylation is 1. The normalized spacial score (nSPS) is 12.4. The Kier molecular flexibility index (Phi) is 6.74. The zero-order valence-electron chi connectivity index (χ0n) is 18.0. The van der Waals surface area contributed by atoms with Crippen molar-refractivity contribution in [2.24, 2.45) is 0 Å². The average Bonchev–Trinajstić information content (AvgIpc) is 3.22. The van der Waals surface area contributed by atoms with E-state index in [0.29, 0.717) is 11.5 Å². The quantitative estimate of drug-likeness (QED) is 0.532. The maximum absolute atomic E-state index is 13.0. The van der Waals surface area contributed by atoms with E-state index in [4.69, 9.17) is 4.52 Å². The molecule has 164 valence electrons. The van der Waals surface area contributed by atoms with Crippen LogP contribution < -0.4 is 4.31 Å². The van der Waals surface area contributed by atoms with E-state index < -0.39 is 16.1 Å². The Balaban J connectivity index is 1.77. The molecule has 0 unspecified atom stereocenters. The van der Waals surface area contributed by atoms with Gasteiger partial charge in [0.05, 0.1) is 18.5 Å². The van der Waals surface area contributed by atoms with Gasteiger partial charge in [0, 0.05) is 12.6 Å². The molecule has 1 amide bonds. The molecule has 0 aliphatic heterocycles. The fraction of sp³-hybridized carbons (Fsp3) is 0.318. The lowest BCUT2D eigenvalue weighted by Gasteiger charge is -2.30. The number of benzene rings is 2. The highest BCUT2D eigenvalue weighted by atomic mass is 32.2. The van der Waals surface area contributed by atoms with Crippen molar-refractivity contribution < 1.29 is 17.7 Å². The number of carbonyl (C=O) groups is 1. The number of sulfonamides is 1. The van der Waals surface area contributed by atoms with Crippen molar-refractivity contribution in [2.45, 2.75) is 32.9 Å². The Hall–Kier alpha value is -3.20. The summed E-state index contributed by atoms with van der Waals surface area (Å²) in [7, 11) is -2.11. The first-order valence-corrected chi connectivity index (χ1v) is 11.8. The van der Waals surface area contributed by atoms with Crippen LogP contribution in [0.25, 0.3) is 11.4 Å². The maximum atomic E-state index is 13.0. The molecule has 31 heavy (non-hydrogen) atoms. The third-order valence-electron chi connectivity index (χ3n) is 4.91. The van der Waals surface area contributed by atoms with Gasteiger partial charge in [-0.25, -0.2) is 8.42 Å². The summed E-state index contributed by atoms with van der Waals surface area (Å²) in [4.78, 5) is 18.7. The highest BCUT2D eigenvalue weighted by molar-refractivity contribution is 7.92. The van der Waals surface area contributed by atoms with Crippen LogP contribution in [0.3, 0.4) is 0 Å². The van der Waals surface area contributed by atoms with Crippen LogP contribution >= 0.6 is 0 Å². The number of likely N-dealkylation sites (N-methyl/N-ethyl adjacent to an activating group) is 1. The summed E-state index contributed by atoms with van der Waals surface area (Å²) in [6, 6.07) is 15.6. The van der Waals surface area contributed by atoms with E-state index in [2.05, 4.69) is 10.1 Å². The van der Waals surface area contributed by atoms with Crippen molar-refractivity contribution in [3.05, 3.63) is 66.1 Å². The van der Waals surface area contributed by atoms with E-state index in [0.717, 1.165) is 28.1 Å². The van der Waals surface area contributed by atoms with Crippen LogP contribution in [0.5, 0.6) is 0 Å². The van der Waals surface area contributed by atoms with Crippen molar-refractivity contribution >= 4 is 21.6 Å². The first-order valence-electron chi connectivity index (χ1n) is 9.92. The summed E-state index contributed by atoms with van der Waals surface area (Å²) >= 11 is 0. The number of anilines is 1. The van der Waals surface area contributed by atoms with Gasteiger partial charge in [-0.3, -0.25) is 9.10 Å². The molecule has 0 saturated heterocycles. The van der Waals surface area contributed by atoms with Crippen LogP contribution in [-0.2, 0) is 27.8 Å². The van der Waals surface area contributed by atoms with Gasteiger partial charge in [-0.15, -0.1) is 0 Å². The summed E-state index contributed by atoms with van der Waals surface area (Å²) in [6.45, 7) is 3.65. The minimum Gasteiger partial charge on any atom is -0.337 e. The first-order chi connectivity index (χ1) is 14.7. The second kappa shape index (κ2) is 9.30. The molecule has 2 aromatic carbocycles. The molecule has 0 aliphatic carbocycles. The lowest BCUT2D eigenvalue weighted by Crippen LogP contribution is -2.48. The number of hydrogen-bond acceptors (Lipinski definition) is 6. The lowest BCUT2D eigenvalue weighted by atomic mass is 10.1. The molecule has 0 bridgehead atoms. The third-order valence-corrected chi connectivity index (χ3v) is 6.16. The lowest BCUT2D eigenvalue weighted by molar-refractivity contribution is -0.131. The van der Waals surface area contributed by atoms with Crippen molar-refractivity contribution in [1.29, 1.82) is 0 Å². The Morgan fingerprint density at radius 2 is 1.74 bits per heavy atom. The molecule has 0 saturated carbocycles. The molecule has 8 nitrogen and oxygen atoms in total. The van der Waals surface area contributed by atoms with Gasteiger partial charge in [-0.05, 0) is 31.0 Å². The summed E-state index contributed by atoms with van der Waals surface area (Å²) in [5, 5.41) is 3.95. The van der Waals surface area contributed by atoms with E-state index in [1.165, 1.54) is 4.90 Å². The molecule has 1 aromatic heterocycles. The number of hydrogen-bond donors (Lipinski definition) is 0. The van der Waals surface area contributed by atoms with Crippen molar-refractivity contribution in [2.75, 3.05) is 17.6 Å². The Labute approximate surface area is 182 Å². The van der Waals surface area contributed by atoms with Crippen molar-refractivity contribution in [1.82, 2.24) is 15.0 Å². The highest BCUT2D eigenvalue weighted by Gasteiger charge is 2.31. The molecule has 0 aliphatic rings. The van der Waals surface area contributed by atoms with Gasteiger partial charge < -0.3 is 9.42 Å². The van der Waals surface area contributed by atoms with Gasteiger partial charge in [0.25, 0.3) is 0 Å². The molecule has 9 heteroatoms. The van der Waals surface area contributed by atoms with E-state index in [1.54, 1.807) is 26.1 Å². The van der Waals surface area contributed by atoms with Gasteiger partial charge in [0.1, 0.15) is 6.04 Å². The van der Waals surface area contributed by atoms with Crippen LogP contribution in [0.15, 0.2) is 59.1 Å². The SMILES string of the molecule is CCc1ccc(N([C@H](C)C(=O)N(C)Cc2nc(-c3ccccc3)no2)S(C)(=O)=O)cc1. The standard InChI is InChI=1S/C22H26N4O4S/c1-5-17-11-13-19(14-12-17)26(31(4,28)29)16(2)22(27)25(3)15-20-23-21(24-30-20)18-9-7-6-8-10-18/h6-14,16H,5,15H2,1-4H3/t16-/m1/s1. The number of nitrogens with zero attached hydrogens (tertiary/aromatic N) is 4. The summed E-state index contributed by atoms with van der Waals surface area (Å²) < 4.78 is 31.4. The van der Waals surface area contributed by atoms with Gasteiger partial charge in [0.2, 0.25) is 27.6 Å². The topological polar surface area (TPSA) is 96.6 Å². The van der Waals surface area contributed by atoms with Gasteiger partial charge in [0.15, 0.2) is 0 Å². The van der Waals surface area contributed by atoms with Crippen LogP contribution in [0.2, 0.25) is 0 Å². The summed E-state index contributed by atoms with van der Waals surface area (Å²) in [5.41, 5.74) is 2.33. The second-order valence-corrected chi connectivity index (χ2v) is 9.19. The van der Waals surface area contributed by atoms with E-state index in [-0.39, 0.29) is 18.3 Å². The minimum absolute atomic E-state index is 0.0649. The molecule has 3 rings (SSSR count). The second-order valence-electron chi connectivity index (χ2n) is 7.33. The van der Waals surface area contributed by atoms with Crippen molar-refractivity contribution in [3.8, 4) is 11.4 Å². The smallest absolute Gasteiger partial charge is 0.246 e. The number of rotatable bonds is 8. The zero-order valence-corrected chi connectivity index (χ0v) is 18.8. The zero-order chi connectivity index (χ0) is 22.6. The number of amides is 1. The van der Waals surface area contributed by atoms with Crippen LogP contribution in [0, 0.1) is 0 Å². The van der Waals surface area contributed by atoms with E-state index in [9.17, 15) is 13.2 Å². The molecule has 0 radical (unpaired) electrons. The average molecular weight is 443 g/mol. The number of carbonyl (C=O) groups excluding carboxylic acids is 1. The summed E-state index contributed by atoms with van der Waals surface area (Å²) in [6.07, 6.45) is 1.93. The van der Waals surface area contributed by atoms with Crippen molar-refractivity contribution in [3.63, 3.8) is 0 Å². The Morgan fingerprint density at radius 1 is 1.10 bits per heavy atom. The number of aromatic nitrogens is 2. The molecular formula is C22H26N4O4S. The molecule has 3 aromatic rings. The van der Waals surface area contributed by atoms with Crippen LogP contribution in [0.1, 0.15) is 25.3 Å². The monoisotopic (exact) mass is 442 g/mol. The molecule has 0 fully saturated rings. The third kappa shape index (κ3) is 5.29. The van der Waals surface area contributed by atoms with Gasteiger partial charge in [-0.2, -0.15) is 4.98 Å². The molecule has 1 heterocycles. The summed E-state index contributed by atoms with van der Waals surface area (Å²) in [5.74, 6) is 0.308. The fourth-order valence-electron chi connectivity index (χ4n) is 3.30. The highest BCUT2D eigenvalue weighted by Crippen LogP contribution is 2.23. The Morgan fingerprint density at radius 3 is 2.32 bits per heavy atom. The Bertz CT molecular complexity index is 1130. The minimum atomic E-state index is -3.69. The first kappa shape index (κ1) is 22.5. The predicted octanol–water partition coefficient (Wildman–Crippen LogP) is 3.11. The van der Waals surface area contributed by atoms with Crippen LogP contribution in [-0.4, -0.2) is 48.7 Å². The molecule has 0 N–H and O–H groups in total. The van der Waals surface area contributed by atoms with Crippen LogP contribution in [0.4, 0.5) is 5.69 Å².